The second-order valence-corrected chi connectivity index (χ2v) is 4.78. The molecule has 1 aliphatic rings. The SMILES string of the molecule is CCC1CCC(n2cncc2CCl)CC1. The molecule has 0 bridgehead atoms. The van der Waals surface area contributed by atoms with Crippen molar-refractivity contribution in [2.75, 3.05) is 0 Å². The summed E-state index contributed by atoms with van der Waals surface area (Å²) in [5, 5.41) is 0. The largest absolute Gasteiger partial charge is 0.330 e. The summed E-state index contributed by atoms with van der Waals surface area (Å²) >= 11 is 5.89. The molecule has 0 radical (unpaired) electrons. The van der Waals surface area contributed by atoms with Gasteiger partial charge in [0, 0.05) is 12.2 Å². The Labute approximate surface area is 96.7 Å². The molecule has 1 saturated carbocycles. The van der Waals surface area contributed by atoms with Crippen LogP contribution in [0.5, 0.6) is 0 Å². The molecule has 0 N–H and O–H groups in total. The van der Waals surface area contributed by atoms with Crippen LogP contribution in [0.3, 0.4) is 0 Å². The van der Waals surface area contributed by atoms with Gasteiger partial charge in [0.1, 0.15) is 0 Å². The highest BCUT2D eigenvalue weighted by Crippen LogP contribution is 2.34. The summed E-state index contributed by atoms with van der Waals surface area (Å²) in [7, 11) is 0. The quantitative estimate of drug-likeness (QED) is 0.718. The summed E-state index contributed by atoms with van der Waals surface area (Å²) < 4.78 is 2.28. The van der Waals surface area contributed by atoms with Gasteiger partial charge in [0.25, 0.3) is 0 Å². The molecule has 0 atom stereocenters. The smallest absolute Gasteiger partial charge is 0.0951 e. The van der Waals surface area contributed by atoms with E-state index in [1.165, 1.54) is 32.1 Å². The molecule has 0 unspecified atom stereocenters. The molecule has 0 spiro atoms. The number of aromatic nitrogens is 2. The summed E-state index contributed by atoms with van der Waals surface area (Å²) in [4.78, 5) is 4.19. The van der Waals surface area contributed by atoms with E-state index >= 15 is 0 Å². The van der Waals surface area contributed by atoms with Crippen molar-refractivity contribution in [3.8, 4) is 0 Å². The molecule has 1 aliphatic carbocycles. The van der Waals surface area contributed by atoms with Gasteiger partial charge in [0.15, 0.2) is 0 Å². The molecule has 2 nitrogen and oxygen atoms in total. The molecule has 0 saturated heterocycles. The lowest BCUT2D eigenvalue weighted by Gasteiger charge is -2.29. The lowest BCUT2D eigenvalue weighted by molar-refractivity contribution is 0.267. The molecule has 84 valence electrons. The minimum atomic E-state index is 0.577. The maximum absolute atomic E-state index is 5.89. The third kappa shape index (κ3) is 2.36. The van der Waals surface area contributed by atoms with Crippen LogP contribution in [0.25, 0.3) is 0 Å². The highest BCUT2D eigenvalue weighted by molar-refractivity contribution is 6.16. The van der Waals surface area contributed by atoms with E-state index in [0.717, 1.165) is 11.6 Å². The van der Waals surface area contributed by atoms with Crippen molar-refractivity contribution in [1.29, 1.82) is 0 Å². The molecular formula is C12H19ClN2. The van der Waals surface area contributed by atoms with Crippen molar-refractivity contribution in [2.45, 2.75) is 50.9 Å². The number of hydrogen-bond acceptors (Lipinski definition) is 1. The summed E-state index contributed by atoms with van der Waals surface area (Å²) in [6.07, 6.45) is 10.5. The third-order valence-electron chi connectivity index (χ3n) is 3.67. The molecule has 0 amide bonds. The van der Waals surface area contributed by atoms with E-state index in [9.17, 15) is 0 Å². The van der Waals surface area contributed by atoms with Crippen LogP contribution < -0.4 is 0 Å². The molecule has 1 fully saturated rings. The number of imidazole rings is 1. The Morgan fingerprint density at radius 1 is 1.40 bits per heavy atom. The minimum Gasteiger partial charge on any atom is -0.330 e. The van der Waals surface area contributed by atoms with Crippen molar-refractivity contribution < 1.29 is 0 Å². The minimum absolute atomic E-state index is 0.577. The predicted molar refractivity (Wildman–Crippen MR) is 63.1 cm³/mol. The van der Waals surface area contributed by atoms with Crippen LogP contribution in [0.4, 0.5) is 0 Å². The van der Waals surface area contributed by atoms with E-state index in [0.29, 0.717) is 11.9 Å². The van der Waals surface area contributed by atoms with Crippen molar-refractivity contribution in [3.63, 3.8) is 0 Å². The normalized spacial score (nSPS) is 26.8. The Morgan fingerprint density at radius 3 is 2.73 bits per heavy atom. The Morgan fingerprint density at radius 2 is 2.13 bits per heavy atom. The van der Waals surface area contributed by atoms with Gasteiger partial charge in [-0.05, 0) is 31.6 Å². The fourth-order valence-electron chi connectivity index (χ4n) is 2.60. The van der Waals surface area contributed by atoms with Gasteiger partial charge >= 0.3 is 0 Å². The van der Waals surface area contributed by atoms with Crippen molar-refractivity contribution in [3.05, 3.63) is 18.2 Å². The van der Waals surface area contributed by atoms with Crippen molar-refractivity contribution >= 4 is 11.6 Å². The van der Waals surface area contributed by atoms with Crippen LogP contribution in [0.1, 0.15) is 50.8 Å². The molecule has 1 aromatic heterocycles. The van der Waals surface area contributed by atoms with Gasteiger partial charge in [-0.2, -0.15) is 0 Å². The molecule has 1 aromatic rings. The highest BCUT2D eigenvalue weighted by Gasteiger charge is 2.22. The van der Waals surface area contributed by atoms with E-state index in [4.69, 9.17) is 11.6 Å². The van der Waals surface area contributed by atoms with Gasteiger partial charge in [-0.25, -0.2) is 4.98 Å². The molecule has 0 aromatic carbocycles. The number of rotatable bonds is 3. The van der Waals surface area contributed by atoms with Gasteiger partial charge in [0.2, 0.25) is 0 Å². The van der Waals surface area contributed by atoms with E-state index < -0.39 is 0 Å². The zero-order valence-electron chi connectivity index (χ0n) is 9.32. The number of alkyl halides is 1. The van der Waals surface area contributed by atoms with Crippen LogP contribution in [0, 0.1) is 5.92 Å². The van der Waals surface area contributed by atoms with Crippen molar-refractivity contribution in [2.24, 2.45) is 5.92 Å². The maximum atomic E-state index is 5.89. The van der Waals surface area contributed by atoms with E-state index in [1.807, 2.05) is 12.5 Å². The second-order valence-electron chi connectivity index (χ2n) is 4.51. The zero-order chi connectivity index (χ0) is 10.7. The Kier molecular flexibility index (Phi) is 3.68. The van der Waals surface area contributed by atoms with E-state index in [-0.39, 0.29) is 0 Å². The monoisotopic (exact) mass is 226 g/mol. The molecule has 3 heteroatoms. The Hall–Kier alpha value is -0.500. The van der Waals surface area contributed by atoms with Crippen LogP contribution in [-0.4, -0.2) is 9.55 Å². The van der Waals surface area contributed by atoms with E-state index in [1.54, 1.807) is 0 Å². The summed E-state index contributed by atoms with van der Waals surface area (Å²) in [5.41, 5.74) is 1.16. The first-order valence-electron chi connectivity index (χ1n) is 5.91. The van der Waals surface area contributed by atoms with Crippen molar-refractivity contribution in [1.82, 2.24) is 9.55 Å². The third-order valence-corrected chi connectivity index (χ3v) is 3.94. The highest BCUT2D eigenvalue weighted by atomic mass is 35.5. The first-order chi connectivity index (χ1) is 7.35. The summed E-state index contributed by atoms with van der Waals surface area (Å²) in [6.45, 7) is 2.30. The van der Waals surface area contributed by atoms with Crippen LogP contribution >= 0.6 is 11.6 Å². The van der Waals surface area contributed by atoms with E-state index in [2.05, 4.69) is 16.5 Å². The predicted octanol–water partition coefficient (Wildman–Crippen LogP) is 3.76. The summed E-state index contributed by atoms with van der Waals surface area (Å²) in [6, 6.07) is 0.643. The first kappa shape index (κ1) is 11.0. The van der Waals surface area contributed by atoms with Gasteiger partial charge in [-0.15, -0.1) is 11.6 Å². The van der Waals surface area contributed by atoms with Gasteiger partial charge in [0.05, 0.1) is 17.9 Å². The Bertz CT molecular complexity index is 300. The molecule has 1 heterocycles. The Balaban J connectivity index is 2.01. The van der Waals surface area contributed by atoms with Gasteiger partial charge in [-0.3, -0.25) is 0 Å². The fraction of sp³-hybridized carbons (Fsp3) is 0.750. The standard InChI is InChI=1S/C12H19ClN2/c1-2-10-3-5-11(6-4-10)15-9-14-8-12(15)7-13/h8-11H,2-7H2,1H3. The lowest BCUT2D eigenvalue weighted by atomic mass is 9.84. The number of nitrogens with zero attached hydrogens (tertiary/aromatic N) is 2. The molecule has 2 rings (SSSR count). The lowest BCUT2D eigenvalue weighted by Crippen LogP contribution is -2.18. The first-order valence-corrected chi connectivity index (χ1v) is 6.45. The zero-order valence-corrected chi connectivity index (χ0v) is 10.1. The van der Waals surface area contributed by atoms with Gasteiger partial charge in [-0.1, -0.05) is 13.3 Å². The number of hydrogen-bond donors (Lipinski definition) is 0. The molecule has 15 heavy (non-hydrogen) atoms. The van der Waals surface area contributed by atoms with Crippen LogP contribution in [0.2, 0.25) is 0 Å². The average molecular weight is 227 g/mol. The summed E-state index contributed by atoms with van der Waals surface area (Å²) in [5.74, 6) is 1.53. The molecule has 0 aliphatic heterocycles. The van der Waals surface area contributed by atoms with Gasteiger partial charge < -0.3 is 4.57 Å². The fourth-order valence-corrected chi connectivity index (χ4v) is 2.80. The van der Waals surface area contributed by atoms with Crippen LogP contribution in [-0.2, 0) is 5.88 Å². The van der Waals surface area contributed by atoms with Crippen LogP contribution in [0.15, 0.2) is 12.5 Å². The topological polar surface area (TPSA) is 17.8 Å². The molecular weight excluding hydrogens is 208 g/mol. The average Bonchev–Trinajstić information content (AvgIpc) is 2.77. The second kappa shape index (κ2) is 5.02. The maximum Gasteiger partial charge on any atom is 0.0951 e. The number of halogens is 1.